The van der Waals surface area contributed by atoms with Crippen molar-refractivity contribution in [2.45, 2.75) is 31.6 Å². The van der Waals surface area contributed by atoms with Gasteiger partial charge in [0.05, 0.1) is 41.8 Å². The zero-order valence-corrected chi connectivity index (χ0v) is 27.2. The fourth-order valence-electron chi connectivity index (χ4n) is 7.46. The number of nitrogen functional groups attached to an aromatic ring is 1. The molecule has 47 heavy (non-hydrogen) atoms. The molecule has 4 aromatic rings. The van der Waals surface area contributed by atoms with Crippen molar-refractivity contribution in [2.24, 2.45) is 20.0 Å². The molecule has 3 saturated heterocycles. The van der Waals surface area contributed by atoms with Crippen molar-refractivity contribution in [3.63, 3.8) is 0 Å². The number of aromatic nitrogens is 4. The number of nitrogens with zero attached hydrogens (tertiary/aromatic N) is 7. The van der Waals surface area contributed by atoms with E-state index in [0.29, 0.717) is 40.5 Å². The van der Waals surface area contributed by atoms with Gasteiger partial charge in [0, 0.05) is 101 Å². The SMILES string of the molecule is COc1cc(N2CCC(CN3CCN(c4cc5c(cc4F)c(C4CCC(=O)NC4=O)nn5C)CC3)CC2)c(-c2cnn(C)c2)cc1N. The first-order valence-corrected chi connectivity index (χ1v) is 16.4. The van der Waals surface area contributed by atoms with Crippen LogP contribution in [0.4, 0.5) is 21.5 Å². The number of imide groups is 1. The lowest BCUT2D eigenvalue weighted by molar-refractivity contribution is -0.134. The Labute approximate surface area is 273 Å². The summed E-state index contributed by atoms with van der Waals surface area (Å²) in [5.41, 5.74) is 12.0. The van der Waals surface area contributed by atoms with E-state index in [-0.39, 0.29) is 24.1 Å². The normalized spacial score (nSPS) is 19.9. The topological polar surface area (TPSA) is 127 Å². The molecule has 1 atom stereocenters. The highest BCUT2D eigenvalue weighted by Crippen LogP contribution is 2.40. The highest BCUT2D eigenvalue weighted by atomic mass is 19.1. The molecular weight excluding hydrogens is 601 g/mol. The van der Waals surface area contributed by atoms with Crippen LogP contribution in [-0.2, 0) is 23.7 Å². The maximum atomic E-state index is 15.6. The van der Waals surface area contributed by atoms with E-state index in [1.54, 1.807) is 16.5 Å². The third kappa shape index (κ3) is 5.99. The van der Waals surface area contributed by atoms with Crippen LogP contribution in [0.2, 0.25) is 0 Å². The molecule has 12 nitrogen and oxygen atoms in total. The molecule has 3 fully saturated rings. The minimum Gasteiger partial charge on any atom is -0.495 e. The number of hydrogen-bond acceptors (Lipinski definition) is 9. The number of rotatable bonds is 7. The summed E-state index contributed by atoms with van der Waals surface area (Å²) in [5.74, 6) is -0.254. The molecule has 2 aromatic carbocycles. The van der Waals surface area contributed by atoms with Gasteiger partial charge in [-0.05, 0) is 43.4 Å². The number of halogens is 1. The first kappa shape index (κ1) is 31.0. The van der Waals surface area contributed by atoms with Crippen LogP contribution in [0.1, 0.15) is 37.3 Å². The third-order valence-corrected chi connectivity index (χ3v) is 10.1. The number of piperidine rings is 2. The Morgan fingerprint density at radius 2 is 1.72 bits per heavy atom. The highest BCUT2D eigenvalue weighted by molar-refractivity contribution is 6.02. The molecular formula is C34H42FN9O3. The van der Waals surface area contributed by atoms with Gasteiger partial charge in [0.15, 0.2) is 0 Å². The van der Waals surface area contributed by atoms with Crippen LogP contribution < -0.4 is 25.6 Å². The molecule has 3 aliphatic rings. The summed E-state index contributed by atoms with van der Waals surface area (Å²) in [6.45, 7) is 6.12. The summed E-state index contributed by atoms with van der Waals surface area (Å²) < 4.78 is 24.7. The Hall–Kier alpha value is -4.65. The van der Waals surface area contributed by atoms with Gasteiger partial charge in [-0.2, -0.15) is 10.2 Å². The van der Waals surface area contributed by atoms with Crippen LogP contribution in [0.3, 0.4) is 0 Å². The predicted octanol–water partition coefficient (Wildman–Crippen LogP) is 3.26. The maximum Gasteiger partial charge on any atom is 0.235 e. The molecule has 13 heteroatoms. The second kappa shape index (κ2) is 12.5. The van der Waals surface area contributed by atoms with Crippen LogP contribution in [-0.4, -0.2) is 89.2 Å². The van der Waals surface area contributed by atoms with Crippen LogP contribution in [0.25, 0.3) is 22.0 Å². The average molecular weight is 644 g/mol. The highest BCUT2D eigenvalue weighted by Gasteiger charge is 2.33. The molecule has 0 saturated carbocycles. The Balaban J connectivity index is 0.976. The number of amides is 2. The number of fused-ring (bicyclic) bond motifs is 1. The largest absolute Gasteiger partial charge is 0.495 e. The van der Waals surface area contributed by atoms with Gasteiger partial charge in [0.1, 0.15) is 11.6 Å². The molecule has 7 rings (SSSR count). The van der Waals surface area contributed by atoms with Gasteiger partial charge in [0.25, 0.3) is 0 Å². The number of methoxy groups -OCH3 is 1. The molecule has 0 bridgehead atoms. The van der Waals surface area contributed by atoms with Gasteiger partial charge in [-0.3, -0.25) is 29.2 Å². The number of hydrogen-bond donors (Lipinski definition) is 2. The predicted molar refractivity (Wildman–Crippen MR) is 179 cm³/mol. The number of aryl methyl sites for hydroxylation is 2. The molecule has 3 aliphatic heterocycles. The van der Waals surface area contributed by atoms with Crippen molar-refractivity contribution in [1.82, 2.24) is 29.8 Å². The second-order valence-corrected chi connectivity index (χ2v) is 13.1. The Morgan fingerprint density at radius 3 is 2.40 bits per heavy atom. The number of benzene rings is 2. The third-order valence-electron chi connectivity index (χ3n) is 10.1. The van der Waals surface area contributed by atoms with E-state index >= 15 is 4.39 Å². The summed E-state index contributed by atoms with van der Waals surface area (Å²) in [6, 6.07) is 7.40. The van der Waals surface area contributed by atoms with Crippen molar-refractivity contribution in [3.05, 3.63) is 48.2 Å². The summed E-state index contributed by atoms with van der Waals surface area (Å²) in [5, 5.41) is 12.0. The van der Waals surface area contributed by atoms with E-state index in [0.717, 1.165) is 81.0 Å². The lowest BCUT2D eigenvalue weighted by atomic mass is 9.92. The minimum atomic E-state index is -0.561. The van der Waals surface area contributed by atoms with Crippen molar-refractivity contribution in [1.29, 1.82) is 0 Å². The van der Waals surface area contributed by atoms with E-state index in [9.17, 15) is 9.59 Å². The summed E-state index contributed by atoms with van der Waals surface area (Å²) in [4.78, 5) is 31.2. The maximum absolute atomic E-state index is 15.6. The number of carbonyl (C=O) groups is 2. The van der Waals surface area contributed by atoms with Gasteiger partial charge < -0.3 is 20.3 Å². The van der Waals surface area contributed by atoms with Gasteiger partial charge in [-0.25, -0.2) is 4.39 Å². The number of nitrogens with two attached hydrogens (primary N) is 1. The molecule has 2 amide bonds. The number of nitrogens with one attached hydrogen (secondary N) is 1. The quantitative estimate of drug-likeness (QED) is 0.231. The first-order valence-electron chi connectivity index (χ1n) is 16.4. The Kier molecular flexibility index (Phi) is 8.25. The zero-order chi connectivity index (χ0) is 32.8. The monoisotopic (exact) mass is 643 g/mol. The van der Waals surface area contributed by atoms with Crippen LogP contribution in [0.5, 0.6) is 5.75 Å². The average Bonchev–Trinajstić information content (AvgIpc) is 3.63. The van der Waals surface area contributed by atoms with E-state index in [4.69, 9.17) is 10.5 Å². The fourth-order valence-corrected chi connectivity index (χ4v) is 7.46. The molecule has 248 valence electrons. The number of carbonyl (C=O) groups excluding carboxylic acids is 2. The summed E-state index contributed by atoms with van der Waals surface area (Å²) >= 11 is 0. The lowest BCUT2D eigenvalue weighted by Gasteiger charge is -2.40. The molecule has 2 aromatic heterocycles. The zero-order valence-electron chi connectivity index (χ0n) is 27.2. The van der Waals surface area contributed by atoms with E-state index in [1.165, 1.54) is 6.07 Å². The summed E-state index contributed by atoms with van der Waals surface area (Å²) in [6.07, 6.45) is 6.68. The van der Waals surface area contributed by atoms with Crippen molar-refractivity contribution < 1.29 is 18.7 Å². The van der Waals surface area contributed by atoms with Gasteiger partial charge >= 0.3 is 0 Å². The number of piperazine rings is 1. The molecule has 0 aliphatic carbocycles. The van der Waals surface area contributed by atoms with Gasteiger partial charge in [-0.15, -0.1) is 0 Å². The molecule has 0 radical (unpaired) electrons. The smallest absolute Gasteiger partial charge is 0.235 e. The lowest BCUT2D eigenvalue weighted by Crippen LogP contribution is -2.49. The molecule has 1 unspecified atom stereocenters. The standard InChI is InChI=1S/C34H42FN9O3/c1-40-20-22(18-37-40)24-15-27(36)31(47-3)17-29(24)43-8-6-21(7-9-43)19-42-10-12-44(13-11-42)30-16-28-25(14-26(30)35)33(39-41(28)2)23-4-5-32(45)38-34(23)46/h14-18,20-21,23H,4-13,19,36H2,1-3H3,(H,38,45,46). The molecule has 0 spiro atoms. The van der Waals surface area contributed by atoms with E-state index in [2.05, 4.69) is 36.3 Å². The van der Waals surface area contributed by atoms with Gasteiger partial charge in [0.2, 0.25) is 11.8 Å². The fraction of sp³-hybridized carbons (Fsp3) is 0.471. The first-order chi connectivity index (χ1) is 22.7. The Morgan fingerprint density at radius 1 is 0.979 bits per heavy atom. The molecule has 3 N–H and O–H groups in total. The van der Waals surface area contributed by atoms with E-state index in [1.807, 2.05) is 38.6 Å². The second-order valence-electron chi connectivity index (χ2n) is 13.1. The van der Waals surface area contributed by atoms with Crippen molar-refractivity contribution >= 4 is 39.8 Å². The Bertz CT molecular complexity index is 1820. The van der Waals surface area contributed by atoms with Crippen LogP contribution >= 0.6 is 0 Å². The summed E-state index contributed by atoms with van der Waals surface area (Å²) in [7, 11) is 5.38. The van der Waals surface area contributed by atoms with Crippen LogP contribution in [0.15, 0.2) is 36.7 Å². The van der Waals surface area contributed by atoms with E-state index < -0.39 is 5.92 Å². The number of anilines is 3. The molecule has 5 heterocycles. The van der Waals surface area contributed by atoms with Crippen molar-refractivity contribution in [2.75, 3.05) is 68.5 Å². The number of ether oxygens (including phenoxy) is 1. The van der Waals surface area contributed by atoms with Crippen LogP contribution in [0, 0.1) is 11.7 Å². The van der Waals surface area contributed by atoms with Crippen molar-refractivity contribution in [3.8, 4) is 16.9 Å². The minimum absolute atomic E-state index is 0.253. The van der Waals surface area contributed by atoms with Gasteiger partial charge in [-0.1, -0.05) is 0 Å².